The maximum Gasteiger partial charge on any atom is 0.245 e. The van der Waals surface area contributed by atoms with Gasteiger partial charge in [-0.05, 0) is 90.2 Å². The number of nitrogens with one attached hydrogen (secondary N) is 2. The van der Waals surface area contributed by atoms with Crippen LogP contribution < -0.4 is 37.3 Å². The fraction of sp³-hybridized carbons (Fsp3) is 0.340. The SMILES string of the molecule is CC(C)CCOc1ccc2ccccc2c1-c1c(OCc2cn([C@H](CCCCN)C(=O)N[C@H](CCCN=C(N)N)C(=O)NCc3ccccc3)nn2)ccc2ccccc12. The van der Waals surface area contributed by atoms with Gasteiger partial charge in [-0.25, -0.2) is 4.68 Å². The molecule has 0 saturated carbocycles. The molecule has 0 unspecified atom stereocenters. The van der Waals surface area contributed by atoms with Gasteiger partial charge in [-0.3, -0.25) is 14.6 Å². The van der Waals surface area contributed by atoms with E-state index < -0.39 is 12.1 Å². The lowest BCUT2D eigenvalue weighted by Gasteiger charge is -2.22. The summed E-state index contributed by atoms with van der Waals surface area (Å²) in [6.45, 7) is 6.17. The summed E-state index contributed by atoms with van der Waals surface area (Å²) in [5, 5.41) is 19.1. The van der Waals surface area contributed by atoms with Crippen LogP contribution in [0.2, 0.25) is 0 Å². The third kappa shape index (κ3) is 11.6. The van der Waals surface area contributed by atoms with Crippen molar-refractivity contribution in [2.45, 2.75) is 77.6 Å². The van der Waals surface area contributed by atoms with Crippen molar-refractivity contribution in [3.8, 4) is 22.6 Å². The maximum absolute atomic E-state index is 14.1. The molecule has 314 valence electrons. The van der Waals surface area contributed by atoms with Crippen LogP contribution in [0.1, 0.15) is 69.7 Å². The molecule has 13 heteroatoms. The molecule has 5 aromatic carbocycles. The number of ether oxygens (including phenoxy) is 2. The van der Waals surface area contributed by atoms with Crippen LogP contribution in [-0.2, 0) is 22.7 Å². The number of aromatic nitrogens is 3. The highest BCUT2D eigenvalue weighted by molar-refractivity contribution is 6.09. The van der Waals surface area contributed by atoms with E-state index in [2.05, 4.69) is 76.2 Å². The summed E-state index contributed by atoms with van der Waals surface area (Å²) in [4.78, 5) is 31.7. The van der Waals surface area contributed by atoms with E-state index in [0.717, 1.165) is 56.8 Å². The number of hydrogen-bond donors (Lipinski definition) is 5. The van der Waals surface area contributed by atoms with Crippen molar-refractivity contribution < 1.29 is 19.1 Å². The van der Waals surface area contributed by atoms with Crippen LogP contribution in [0.15, 0.2) is 114 Å². The second kappa shape index (κ2) is 21.5. The van der Waals surface area contributed by atoms with Gasteiger partial charge in [0, 0.05) is 24.2 Å². The molecular weight excluding hydrogens is 755 g/mol. The molecule has 2 amide bonds. The van der Waals surface area contributed by atoms with Gasteiger partial charge in [-0.1, -0.05) is 110 Å². The number of carbonyl (C=O) groups excluding carboxylic acids is 2. The van der Waals surface area contributed by atoms with E-state index in [-0.39, 0.29) is 24.4 Å². The van der Waals surface area contributed by atoms with Crippen molar-refractivity contribution in [3.63, 3.8) is 0 Å². The number of aliphatic imine (C=N–C) groups is 1. The molecule has 13 nitrogen and oxygen atoms in total. The summed E-state index contributed by atoms with van der Waals surface area (Å²) in [6, 6.07) is 32.7. The molecule has 6 rings (SSSR count). The Labute approximate surface area is 351 Å². The monoisotopic (exact) mass is 811 g/mol. The van der Waals surface area contributed by atoms with Crippen LogP contribution in [-0.4, -0.2) is 58.5 Å². The number of benzene rings is 5. The minimum Gasteiger partial charge on any atom is -0.493 e. The summed E-state index contributed by atoms with van der Waals surface area (Å²) < 4.78 is 14.7. The molecule has 60 heavy (non-hydrogen) atoms. The number of rotatable bonds is 22. The topological polar surface area (TPSA) is 198 Å². The zero-order valence-electron chi connectivity index (χ0n) is 34.6. The smallest absolute Gasteiger partial charge is 0.245 e. The van der Waals surface area contributed by atoms with Crippen LogP contribution in [0, 0.1) is 5.92 Å². The van der Waals surface area contributed by atoms with E-state index in [1.807, 2.05) is 66.7 Å². The zero-order chi connectivity index (χ0) is 42.3. The van der Waals surface area contributed by atoms with Gasteiger partial charge < -0.3 is 37.3 Å². The van der Waals surface area contributed by atoms with Crippen LogP contribution in [0.25, 0.3) is 32.7 Å². The van der Waals surface area contributed by atoms with Crippen molar-refractivity contribution in [1.82, 2.24) is 25.6 Å². The third-order valence-corrected chi connectivity index (χ3v) is 10.4. The number of nitrogens with two attached hydrogens (primary N) is 3. The Morgan fingerprint density at radius 3 is 2.05 bits per heavy atom. The normalized spacial score (nSPS) is 12.3. The summed E-state index contributed by atoms with van der Waals surface area (Å²) >= 11 is 0. The number of carbonyl (C=O) groups is 2. The molecule has 0 radical (unpaired) electrons. The van der Waals surface area contributed by atoms with Gasteiger partial charge in [0.2, 0.25) is 11.8 Å². The molecule has 0 aliphatic carbocycles. The quantitative estimate of drug-likeness (QED) is 0.0279. The third-order valence-electron chi connectivity index (χ3n) is 10.4. The van der Waals surface area contributed by atoms with E-state index in [0.29, 0.717) is 69.3 Å². The molecule has 0 saturated heterocycles. The first-order chi connectivity index (χ1) is 29.2. The van der Waals surface area contributed by atoms with Crippen LogP contribution in [0.5, 0.6) is 11.5 Å². The van der Waals surface area contributed by atoms with Crippen molar-refractivity contribution >= 4 is 39.3 Å². The summed E-state index contributed by atoms with van der Waals surface area (Å²) in [7, 11) is 0. The number of fused-ring (bicyclic) bond motifs is 2. The van der Waals surface area contributed by atoms with E-state index >= 15 is 0 Å². The number of unbranched alkanes of at least 4 members (excludes halogenated alkanes) is 1. The first kappa shape index (κ1) is 43.1. The standard InChI is InChI=1S/C47H57N9O4/c1-32(2)25-28-59-41-23-21-34-15-6-8-17-37(34)43(41)44-38-18-9-7-16-35(38)22-24-42(44)60-31-36-30-56(55-54-36)40(20-10-11-26-48)46(58)53-39(19-12-27-51-47(49)50)45(57)52-29-33-13-4-3-5-14-33/h3-9,13-18,21-24,30,32,39-40H,10-12,19-20,25-29,31,48H2,1-2H3,(H,52,57)(H,53,58)(H4,49,50,51)/t39-,40-/m1/s1. The summed E-state index contributed by atoms with van der Waals surface area (Å²) in [5.74, 6) is 1.25. The lowest BCUT2D eigenvalue weighted by molar-refractivity contribution is -0.131. The number of nitrogens with zero attached hydrogens (tertiary/aromatic N) is 4. The largest absolute Gasteiger partial charge is 0.493 e. The van der Waals surface area contributed by atoms with Crippen molar-refractivity contribution in [1.29, 1.82) is 0 Å². The van der Waals surface area contributed by atoms with E-state index in [1.54, 1.807) is 10.9 Å². The molecule has 6 aromatic rings. The summed E-state index contributed by atoms with van der Waals surface area (Å²) in [5.41, 5.74) is 20.3. The Morgan fingerprint density at radius 1 is 0.750 bits per heavy atom. The molecule has 2 atom stereocenters. The fourth-order valence-corrected chi connectivity index (χ4v) is 7.16. The molecule has 0 aliphatic rings. The minimum atomic E-state index is -0.835. The van der Waals surface area contributed by atoms with Gasteiger partial charge in [0.05, 0.1) is 12.8 Å². The highest BCUT2D eigenvalue weighted by Gasteiger charge is 2.28. The molecule has 0 spiro atoms. The second-order valence-electron chi connectivity index (χ2n) is 15.3. The van der Waals surface area contributed by atoms with Gasteiger partial charge in [0.15, 0.2) is 5.96 Å². The Bertz CT molecular complexity index is 2360. The van der Waals surface area contributed by atoms with Crippen molar-refractivity contribution in [3.05, 3.63) is 121 Å². The molecule has 0 bridgehead atoms. The second-order valence-corrected chi connectivity index (χ2v) is 15.3. The Kier molecular flexibility index (Phi) is 15.5. The number of amides is 2. The summed E-state index contributed by atoms with van der Waals surface area (Å²) in [6.07, 6.45) is 5.28. The molecule has 1 heterocycles. The van der Waals surface area contributed by atoms with Gasteiger partial charge in [0.25, 0.3) is 0 Å². The maximum atomic E-state index is 14.1. The predicted molar refractivity (Wildman–Crippen MR) is 238 cm³/mol. The molecule has 0 aliphatic heterocycles. The Balaban J connectivity index is 1.26. The molecule has 1 aromatic heterocycles. The lowest BCUT2D eigenvalue weighted by Crippen LogP contribution is -2.48. The predicted octanol–water partition coefficient (Wildman–Crippen LogP) is 6.78. The van der Waals surface area contributed by atoms with E-state index in [9.17, 15) is 9.59 Å². The van der Waals surface area contributed by atoms with Crippen LogP contribution >= 0.6 is 0 Å². The van der Waals surface area contributed by atoms with Crippen molar-refractivity contribution in [2.24, 2.45) is 28.1 Å². The van der Waals surface area contributed by atoms with E-state index in [4.69, 9.17) is 26.7 Å². The number of hydrogen-bond acceptors (Lipinski definition) is 8. The van der Waals surface area contributed by atoms with Gasteiger partial charge in [0.1, 0.15) is 35.9 Å². The average molecular weight is 812 g/mol. The lowest BCUT2D eigenvalue weighted by atomic mass is 9.92. The average Bonchev–Trinajstić information content (AvgIpc) is 3.73. The zero-order valence-corrected chi connectivity index (χ0v) is 34.6. The number of guanidine groups is 1. The van der Waals surface area contributed by atoms with Gasteiger partial charge >= 0.3 is 0 Å². The van der Waals surface area contributed by atoms with Crippen molar-refractivity contribution in [2.75, 3.05) is 19.7 Å². The Hall–Kier alpha value is -6.47. The van der Waals surface area contributed by atoms with E-state index in [1.165, 1.54) is 0 Å². The first-order valence-electron chi connectivity index (χ1n) is 20.8. The van der Waals surface area contributed by atoms with Crippen LogP contribution in [0.3, 0.4) is 0 Å². The first-order valence-corrected chi connectivity index (χ1v) is 20.8. The van der Waals surface area contributed by atoms with Crippen LogP contribution in [0.4, 0.5) is 0 Å². The molecule has 0 fully saturated rings. The molecule has 8 N–H and O–H groups in total. The van der Waals surface area contributed by atoms with Gasteiger partial charge in [-0.15, -0.1) is 5.10 Å². The van der Waals surface area contributed by atoms with Gasteiger partial charge in [-0.2, -0.15) is 0 Å². The highest BCUT2D eigenvalue weighted by atomic mass is 16.5. The minimum absolute atomic E-state index is 0.0312. The molecular formula is C47H57N9O4. The Morgan fingerprint density at radius 2 is 1.40 bits per heavy atom. The fourth-order valence-electron chi connectivity index (χ4n) is 7.16. The highest BCUT2D eigenvalue weighted by Crippen LogP contribution is 2.45.